The Balaban J connectivity index is 2.33. The van der Waals surface area contributed by atoms with Crippen LogP contribution in [0.15, 0.2) is 18.2 Å². The molecule has 1 aliphatic carbocycles. The van der Waals surface area contributed by atoms with Gasteiger partial charge in [0.25, 0.3) is 0 Å². The Morgan fingerprint density at radius 3 is 2.94 bits per heavy atom. The van der Waals surface area contributed by atoms with Crippen LogP contribution >= 0.6 is 0 Å². The van der Waals surface area contributed by atoms with Crippen molar-refractivity contribution in [3.63, 3.8) is 0 Å². The number of rotatable bonds is 1. The van der Waals surface area contributed by atoms with E-state index in [0.29, 0.717) is 11.5 Å². The zero-order chi connectivity index (χ0) is 12.9. The second kappa shape index (κ2) is 3.87. The van der Waals surface area contributed by atoms with Gasteiger partial charge in [-0.2, -0.15) is 0 Å². The van der Waals surface area contributed by atoms with Gasteiger partial charge < -0.3 is 10.3 Å². The molecule has 1 aliphatic rings. The Morgan fingerprint density at radius 1 is 1.44 bits per heavy atom. The van der Waals surface area contributed by atoms with Crippen LogP contribution in [0.25, 0.3) is 10.9 Å². The van der Waals surface area contributed by atoms with Gasteiger partial charge in [0.2, 0.25) is 5.91 Å². The summed E-state index contributed by atoms with van der Waals surface area (Å²) in [7, 11) is 2.12. The van der Waals surface area contributed by atoms with Crippen LogP contribution in [-0.2, 0) is 13.5 Å². The van der Waals surface area contributed by atoms with E-state index in [-0.39, 0.29) is 5.91 Å². The lowest BCUT2D eigenvalue weighted by molar-refractivity contribution is 0.100. The summed E-state index contributed by atoms with van der Waals surface area (Å²) >= 11 is 0. The van der Waals surface area contributed by atoms with E-state index in [1.807, 2.05) is 18.2 Å². The van der Waals surface area contributed by atoms with Crippen LogP contribution in [0.2, 0.25) is 0 Å². The van der Waals surface area contributed by atoms with Crippen molar-refractivity contribution in [2.24, 2.45) is 12.8 Å². The monoisotopic (exact) mass is 242 g/mol. The van der Waals surface area contributed by atoms with Crippen LogP contribution in [0.5, 0.6) is 0 Å². The highest BCUT2D eigenvalue weighted by Gasteiger charge is 2.23. The number of primary amides is 1. The summed E-state index contributed by atoms with van der Waals surface area (Å²) in [4.78, 5) is 11.3. The number of benzene rings is 1. The fourth-order valence-electron chi connectivity index (χ4n) is 3.31. The minimum Gasteiger partial charge on any atom is -0.366 e. The number of nitrogens with zero attached hydrogens (tertiary/aromatic N) is 1. The smallest absolute Gasteiger partial charge is 0.248 e. The zero-order valence-corrected chi connectivity index (χ0v) is 10.9. The van der Waals surface area contributed by atoms with E-state index >= 15 is 0 Å². The Kier molecular flexibility index (Phi) is 2.44. The van der Waals surface area contributed by atoms with E-state index < -0.39 is 0 Å². The molecule has 0 bridgehead atoms. The van der Waals surface area contributed by atoms with Gasteiger partial charge in [0.15, 0.2) is 0 Å². The average Bonchev–Trinajstić information content (AvgIpc) is 2.64. The molecule has 1 aromatic carbocycles. The number of aryl methyl sites for hydroxylation is 2. The SMILES string of the molecule is CC1CCCc2c1n(C)c1ccc(C(N)=O)cc21. The molecule has 3 rings (SSSR count). The van der Waals surface area contributed by atoms with E-state index in [4.69, 9.17) is 5.73 Å². The molecule has 0 fully saturated rings. The van der Waals surface area contributed by atoms with Crippen LogP contribution in [-0.4, -0.2) is 10.5 Å². The summed E-state index contributed by atoms with van der Waals surface area (Å²) in [6.45, 7) is 2.28. The Labute approximate surface area is 107 Å². The van der Waals surface area contributed by atoms with Gasteiger partial charge in [-0.25, -0.2) is 0 Å². The fourth-order valence-corrected chi connectivity index (χ4v) is 3.31. The number of nitrogens with two attached hydrogens (primary N) is 1. The Hall–Kier alpha value is -1.77. The number of amides is 1. The van der Waals surface area contributed by atoms with Crippen molar-refractivity contribution < 1.29 is 4.79 Å². The predicted molar refractivity (Wildman–Crippen MR) is 72.8 cm³/mol. The van der Waals surface area contributed by atoms with Crippen molar-refractivity contribution in [1.29, 1.82) is 0 Å². The third kappa shape index (κ3) is 1.47. The van der Waals surface area contributed by atoms with Gasteiger partial charge in [-0.05, 0) is 48.9 Å². The van der Waals surface area contributed by atoms with Crippen LogP contribution in [0.4, 0.5) is 0 Å². The van der Waals surface area contributed by atoms with Crippen molar-refractivity contribution in [1.82, 2.24) is 4.57 Å². The normalized spacial score (nSPS) is 18.9. The first-order chi connectivity index (χ1) is 8.59. The number of fused-ring (bicyclic) bond motifs is 3. The van der Waals surface area contributed by atoms with E-state index in [9.17, 15) is 4.79 Å². The summed E-state index contributed by atoms with van der Waals surface area (Å²) in [6, 6.07) is 5.79. The number of hydrogen-bond donors (Lipinski definition) is 1. The molecule has 94 valence electrons. The zero-order valence-electron chi connectivity index (χ0n) is 10.9. The molecule has 0 radical (unpaired) electrons. The van der Waals surface area contributed by atoms with Crippen molar-refractivity contribution in [2.45, 2.75) is 32.1 Å². The molecule has 2 N–H and O–H groups in total. The molecule has 0 saturated carbocycles. The molecule has 1 heterocycles. The van der Waals surface area contributed by atoms with Crippen molar-refractivity contribution in [2.75, 3.05) is 0 Å². The highest BCUT2D eigenvalue weighted by atomic mass is 16.1. The van der Waals surface area contributed by atoms with Crippen LogP contribution < -0.4 is 5.73 Å². The lowest BCUT2D eigenvalue weighted by Crippen LogP contribution is -2.10. The van der Waals surface area contributed by atoms with Gasteiger partial charge >= 0.3 is 0 Å². The average molecular weight is 242 g/mol. The molecule has 3 nitrogen and oxygen atoms in total. The van der Waals surface area contributed by atoms with Gasteiger partial charge in [-0.3, -0.25) is 4.79 Å². The molecule has 0 aliphatic heterocycles. The maximum Gasteiger partial charge on any atom is 0.248 e. The van der Waals surface area contributed by atoms with E-state index in [2.05, 4.69) is 18.5 Å². The summed E-state index contributed by atoms with van der Waals surface area (Å²) in [5.74, 6) is 0.251. The van der Waals surface area contributed by atoms with E-state index in [1.165, 1.54) is 35.0 Å². The predicted octanol–water partition coefficient (Wildman–Crippen LogP) is 2.72. The first kappa shape index (κ1) is 11.3. The van der Waals surface area contributed by atoms with Gasteiger partial charge in [-0.15, -0.1) is 0 Å². The van der Waals surface area contributed by atoms with Gasteiger partial charge in [-0.1, -0.05) is 6.92 Å². The third-order valence-electron chi connectivity index (χ3n) is 4.17. The van der Waals surface area contributed by atoms with Crippen LogP contribution in [0, 0.1) is 0 Å². The van der Waals surface area contributed by atoms with Gasteiger partial charge in [0.1, 0.15) is 0 Å². The molecule has 1 unspecified atom stereocenters. The maximum absolute atomic E-state index is 11.3. The van der Waals surface area contributed by atoms with Crippen LogP contribution in [0.3, 0.4) is 0 Å². The molecular formula is C15H18N2O. The molecule has 1 amide bonds. The maximum atomic E-state index is 11.3. The molecule has 0 spiro atoms. The largest absolute Gasteiger partial charge is 0.366 e. The highest BCUT2D eigenvalue weighted by molar-refractivity contribution is 5.98. The number of hydrogen-bond acceptors (Lipinski definition) is 1. The minimum atomic E-state index is -0.349. The first-order valence-corrected chi connectivity index (χ1v) is 6.50. The summed E-state index contributed by atoms with van der Waals surface area (Å²) in [5, 5.41) is 1.20. The molecule has 18 heavy (non-hydrogen) atoms. The number of aromatic nitrogens is 1. The summed E-state index contributed by atoms with van der Waals surface area (Å²) in [5.41, 5.74) is 10.0. The third-order valence-corrected chi connectivity index (χ3v) is 4.17. The lowest BCUT2D eigenvalue weighted by atomic mass is 9.88. The summed E-state index contributed by atoms with van der Waals surface area (Å²) in [6.07, 6.45) is 3.59. The molecule has 2 aromatic rings. The van der Waals surface area contributed by atoms with E-state index in [0.717, 1.165) is 6.42 Å². The Morgan fingerprint density at radius 2 is 2.22 bits per heavy atom. The molecule has 0 saturated heterocycles. The second-order valence-electron chi connectivity index (χ2n) is 5.31. The van der Waals surface area contributed by atoms with Crippen LogP contribution in [0.1, 0.15) is 47.3 Å². The molecule has 1 atom stereocenters. The van der Waals surface area contributed by atoms with Crippen molar-refractivity contribution in [3.8, 4) is 0 Å². The molecule has 3 heteroatoms. The number of carbonyl (C=O) groups is 1. The highest BCUT2D eigenvalue weighted by Crippen LogP contribution is 2.37. The Bertz CT molecular complexity index is 639. The van der Waals surface area contributed by atoms with Crippen molar-refractivity contribution >= 4 is 16.8 Å². The van der Waals surface area contributed by atoms with Gasteiger partial charge in [0.05, 0.1) is 0 Å². The standard InChI is InChI=1S/C15H18N2O/c1-9-4-3-5-11-12-8-10(15(16)18)6-7-13(12)17(2)14(9)11/h6-9H,3-5H2,1-2H3,(H2,16,18). The minimum absolute atomic E-state index is 0.349. The molecule has 1 aromatic heterocycles. The molecular weight excluding hydrogens is 224 g/mol. The lowest BCUT2D eigenvalue weighted by Gasteiger charge is -2.20. The van der Waals surface area contributed by atoms with E-state index in [1.54, 1.807) is 0 Å². The first-order valence-electron chi connectivity index (χ1n) is 6.50. The van der Waals surface area contributed by atoms with Crippen molar-refractivity contribution in [3.05, 3.63) is 35.0 Å². The second-order valence-corrected chi connectivity index (χ2v) is 5.31. The quantitative estimate of drug-likeness (QED) is 0.821. The topological polar surface area (TPSA) is 48.0 Å². The number of carbonyl (C=O) groups excluding carboxylic acids is 1. The fraction of sp³-hybridized carbons (Fsp3) is 0.400. The van der Waals surface area contributed by atoms with Gasteiger partial charge in [0, 0.05) is 29.2 Å². The summed E-state index contributed by atoms with van der Waals surface area (Å²) < 4.78 is 2.28.